The fourth-order valence-electron chi connectivity index (χ4n) is 2.52. The van der Waals surface area contributed by atoms with Gasteiger partial charge in [0.25, 0.3) is 11.6 Å². The molecular weight excluding hydrogens is 360 g/mol. The lowest BCUT2D eigenvalue weighted by molar-refractivity contribution is -0.385. The molecule has 1 amide bonds. The van der Waals surface area contributed by atoms with Crippen LogP contribution in [0.1, 0.15) is 42.5 Å². The van der Waals surface area contributed by atoms with Gasteiger partial charge in [0.05, 0.1) is 4.92 Å². The molecule has 1 aromatic rings. The van der Waals surface area contributed by atoms with E-state index in [2.05, 4.69) is 21.2 Å². The highest BCUT2D eigenvalue weighted by Gasteiger charge is 2.26. The maximum atomic E-state index is 12.4. The van der Waals surface area contributed by atoms with Crippen LogP contribution < -0.4 is 5.32 Å². The summed E-state index contributed by atoms with van der Waals surface area (Å²) in [7, 11) is 0. The van der Waals surface area contributed by atoms with Gasteiger partial charge in [-0.3, -0.25) is 14.9 Å². The predicted molar refractivity (Wildman–Crippen MR) is 85.2 cm³/mol. The third-order valence-electron chi connectivity index (χ3n) is 3.65. The van der Waals surface area contributed by atoms with Crippen LogP contribution >= 0.6 is 27.5 Å². The van der Waals surface area contributed by atoms with Gasteiger partial charge >= 0.3 is 0 Å². The molecule has 7 heteroatoms. The molecule has 21 heavy (non-hydrogen) atoms. The van der Waals surface area contributed by atoms with Crippen LogP contribution in [0.25, 0.3) is 0 Å². The molecule has 1 aromatic carbocycles. The summed E-state index contributed by atoms with van der Waals surface area (Å²) in [5, 5.41) is 14.2. The van der Waals surface area contributed by atoms with Crippen molar-refractivity contribution >= 4 is 39.1 Å². The van der Waals surface area contributed by atoms with Crippen LogP contribution in [0.4, 0.5) is 5.69 Å². The fourth-order valence-corrected chi connectivity index (χ4v) is 3.41. The summed E-state index contributed by atoms with van der Waals surface area (Å²) in [6.45, 7) is 0. The number of nitrogens with zero attached hydrogens (tertiary/aromatic N) is 1. The van der Waals surface area contributed by atoms with Crippen molar-refractivity contribution in [3.63, 3.8) is 0 Å². The Balaban J connectivity index is 2.19. The number of carbonyl (C=O) groups excluding carboxylic acids is 1. The highest BCUT2D eigenvalue weighted by Crippen LogP contribution is 2.26. The highest BCUT2D eigenvalue weighted by molar-refractivity contribution is 9.09. The zero-order valence-corrected chi connectivity index (χ0v) is 13.7. The number of amides is 1. The molecule has 2 unspecified atom stereocenters. The monoisotopic (exact) mass is 374 g/mol. The zero-order valence-electron chi connectivity index (χ0n) is 11.4. The van der Waals surface area contributed by atoms with E-state index < -0.39 is 10.8 Å². The molecular formula is C14H16BrClN2O3. The average Bonchev–Trinajstić information content (AvgIpc) is 2.63. The first-order valence-electron chi connectivity index (χ1n) is 6.88. The Bertz CT molecular complexity index is 553. The Labute approximate surface area is 136 Å². The van der Waals surface area contributed by atoms with E-state index in [9.17, 15) is 14.9 Å². The maximum Gasteiger partial charge on any atom is 0.282 e. The van der Waals surface area contributed by atoms with Gasteiger partial charge in [0.15, 0.2) is 0 Å². The maximum absolute atomic E-state index is 12.4. The van der Waals surface area contributed by atoms with Crippen molar-refractivity contribution in [2.45, 2.75) is 43.0 Å². The lowest BCUT2D eigenvalue weighted by atomic mass is 10.1. The summed E-state index contributed by atoms with van der Waals surface area (Å²) in [5.41, 5.74) is -0.215. The number of hydrogen-bond acceptors (Lipinski definition) is 3. The number of rotatable bonds is 3. The van der Waals surface area contributed by atoms with E-state index in [-0.39, 0.29) is 22.1 Å². The van der Waals surface area contributed by atoms with Gasteiger partial charge in [0, 0.05) is 22.0 Å². The van der Waals surface area contributed by atoms with Gasteiger partial charge < -0.3 is 5.32 Å². The summed E-state index contributed by atoms with van der Waals surface area (Å²) in [6, 6.07) is 4.00. The summed E-state index contributed by atoms with van der Waals surface area (Å²) in [4.78, 5) is 23.0. The third-order valence-corrected chi connectivity index (χ3v) is 4.98. The van der Waals surface area contributed by atoms with Gasteiger partial charge in [-0.15, -0.1) is 0 Å². The molecule has 2 rings (SSSR count). The summed E-state index contributed by atoms with van der Waals surface area (Å²) >= 11 is 9.44. The smallest absolute Gasteiger partial charge is 0.282 e. The van der Waals surface area contributed by atoms with Crippen molar-refractivity contribution in [2.75, 3.05) is 0 Å². The van der Waals surface area contributed by atoms with Crippen LogP contribution in [0.5, 0.6) is 0 Å². The zero-order chi connectivity index (χ0) is 15.4. The van der Waals surface area contributed by atoms with E-state index in [1.165, 1.54) is 18.2 Å². The van der Waals surface area contributed by atoms with Crippen molar-refractivity contribution in [2.24, 2.45) is 0 Å². The second-order valence-corrected chi connectivity index (χ2v) is 6.77. The number of hydrogen-bond donors (Lipinski definition) is 1. The Kier molecular flexibility index (Phi) is 5.58. The topological polar surface area (TPSA) is 72.2 Å². The molecule has 114 valence electrons. The van der Waals surface area contributed by atoms with Gasteiger partial charge in [-0.05, 0) is 25.0 Å². The summed E-state index contributed by atoms with van der Waals surface area (Å²) in [6.07, 6.45) is 5.18. The minimum atomic E-state index is -0.566. The van der Waals surface area contributed by atoms with Crippen LogP contribution in [0, 0.1) is 10.1 Å². The van der Waals surface area contributed by atoms with E-state index >= 15 is 0 Å². The van der Waals surface area contributed by atoms with Gasteiger partial charge in [0.1, 0.15) is 5.56 Å². The fraction of sp³-hybridized carbons (Fsp3) is 0.500. The molecule has 2 atom stereocenters. The van der Waals surface area contributed by atoms with Crippen molar-refractivity contribution in [1.82, 2.24) is 5.32 Å². The van der Waals surface area contributed by atoms with Crippen LogP contribution in [0.3, 0.4) is 0 Å². The van der Waals surface area contributed by atoms with E-state index in [0.29, 0.717) is 5.02 Å². The normalized spacial score (nSPS) is 22.4. The highest BCUT2D eigenvalue weighted by atomic mass is 79.9. The van der Waals surface area contributed by atoms with Gasteiger partial charge in [-0.2, -0.15) is 0 Å². The lowest BCUT2D eigenvalue weighted by Gasteiger charge is -2.21. The first-order valence-corrected chi connectivity index (χ1v) is 8.17. The van der Waals surface area contributed by atoms with E-state index in [4.69, 9.17) is 11.6 Å². The molecule has 1 saturated carbocycles. The molecule has 0 spiro atoms. The van der Waals surface area contributed by atoms with Crippen LogP contribution in [-0.2, 0) is 0 Å². The van der Waals surface area contributed by atoms with Crippen molar-refractivity contribution in [3.8, 4) is 0 Å². The van der Waals surface area contributed by atoms with Gasteiger partial charge in [-0.25, -0.2) is 0 Å². The second kappa shape index (κ2) is 7.22. The second-order valence-electron chi connectivity index (χ2n) is 5.15. The molecule has 0 aliphatic heterocycles. The van der Waals surface area contributed by atoms with E-state index in [0.717, 1.165) is 32.1 Å². The lowest BCUT2D eigenvalue weighted by Crippen LogP contribution is -2.40. The predicted octanol–water partition coefficient (Wildman–Crippen LogP) is 4.07. The van der Waals surface area contributed by atoms with Crippen molar-refractivity contribution in [3.05, 3.63) is 38.9 Å². The molecule has 0 heterocycles. The van der Waals surface area contributed by atoms with Gasteiger partial charge in [0.2, 0.25) is 0 Å². The summed E-state index contributed by atoms with van der Waals surface area (Å²) < 4.78 is 0. The molecule has 1 aliphatic carbocycles. The Morgan fingerprint density at radius 3 is 2.76 bits per heavy atom. The molecule has 1 N–H and O–H groups in total. The number of halogens is 2. The Morgan fingerprint density at radius 2 is 2.05 bits per heavy atom. The van der Waals surface area contributed by atoms with E-state index in [1.54, 1.807) is 0 Å². The quantitative estimate of drug-likeness (QED) is 0.374. The Morgan fingerprint density at radius 1 is 1.33 bits per heavy atom. The number of nitrogens with one attached hydrogen (secondary N) is 1. The van der Waals surface area contributed by atoms with Crippen LogP contribution in [-0.4, -0.2) is 21.7 Å². The molecule has 5 nitrogen and oxygen atoms in total. The Hall–Kier alpha value is -1.14. The average molecular weight is 376 g/mol. The molecule has 0 aromatic heterocycles. The molecule has 0 saturated heterocycles. The number of nitro groups is 1. The van der Waals surface area contributed by atoms with E-state index in [1.807, 2.05) is 0 Å². The number of benzene rings is 1. The summed E-state index contributed by atoms with van der Waals surface area (Å²) in [5.74, 6) is -0.444. The standard InChI is InChI=1S/C14H16BrClN2O3/c15-11-4-2-1-3-5-12(11)17-14(19)10-8-9(16)6-7-13(10)18(20)21/h6-8,11-12H,1-5H2,(H,17,19). The molecule has 1 aliphatic rings. The minimum absolute atomic E-state index is 0.0106. The molecule has 0 radical (unpaired) electrons. The van der Waals surface area contributed by atoms with Crippen LogP contribution in [0.15, 0.2) is 18.2 Å². The van der Waals surface area contributed by atoms with Crippen LogP contribution in [0.2, 0.25) is 5.02 Å². The van der Waals surface area contributed by atoms with Crippen molar-refractivity contribution < 1.29 is 9.72 Å². The number of carbonyl (C=O) groups is 1. The first kappa shape index (κ1) is 16.2. The molecule has 1 fully saturated rings. The largest absolute Gasteiger partial charge is 0.348 e. The third kappa shape index (κ3) is 4.17. The minimum Gasteiger partial charge on any atom is -0.348 e. The van der Waals surface area contributed by atoms with Gasteiger partial charge in [-0.1, -0.05) is 46.8 Å². The SMILES string of the molecule is O=C(NC1CCCCCC1Br)c1cc(Cl)ccc1[N+](=O)[O-]. The number of nitro benzene ring substituents is 1. The molecule has 0 bridgehead atoms. The first-order chi connectivity index (χ1) is 9.99. The number of alkyl halides is 1. The van der Waals surface area contributed by atoms with Crippen molar-refractivity contribution in [1.29, 1.82) is 0 Å².